The molecule has 1 amide bonds. The number of imidazole rings is 1. The van der Waals surface area contributed by atoms with Crippen LogP contribution in [0.2, 0.25) is 0 Å². The van der Waals surface area contributed by atoms with Crippen LogP contribution in [0.4, 0.5) is 4.79 Å². The topological polar surface area (TPSA) is 65.4 Å². The normalized spacial score (nSPS) is 11.7. The molecule has 1 aromatic heterocycles. The van der Waals surface area contributed by atoms with Gasteiger partial charge in [0.2, 0.25) is 0 Å². The third kappa shape index (κ3) is 9.23. The Labute approximate surface area is 139 Å². The molecule has 0 fully saturated rings. The van der Waals surface area contributed by atoms with E-state index in [4.69, 9.17) is 9.47 Å². The number of carbonyl (C=O) groups is 1. The molecule has 1 aromatic rings. The maximum absolute atomic E-state index is 11.6. The minimum Gasteiger partial charge on any atom is -0.444 e. The van der Waals surface area contributed by atoms with Crippen molar-refractivity contribution in [2.24, 2.45) is 5.92 Å². The summed E-state index contributed by atoms with van der Waals surface area (Å²) in [6.07, 6.45) is 4.96. The molecule has 0 aromatic carbocycles. The molecular weight excluding hydrogens is 294 g/mol. The van der Waals surface area contributed by atoms with Crippen molar-refractivity contribution in [1.29, 1.82) is 0 Å². The van der Waals surface area contributed by atoms with Crippen LogP contribution >= 0.6 is 0 Å². The molecule has 6 heteroatoms. The smallest absolute Gasteiger partial charge is 0.407 e. The van der Waals surface area contributed by atoms with Crippen LogP contribution in [0, 0.1) is 5.92 Å². The van der Waals surface area contributed by atoms with Gasteiger partial charge in [0.15, 0.2) is 0 Å². The number of nitrogens with one attached hydrogen (secondary N) is 1. The van der Waals surface area contributed by atoms with Crippen LogP contribution in [0.1, 0.15) is 46.7 Å². The van der Waals surface area contributed by atoms with E-state index in [9.17, 15) is 4.79 Å². The standard InChI is InChI=1S/C17H31N3O3/c1-14(2)12-22-10-6-9-20-13-18-11-15(20)7-8-19-16(21)23-17(3,4)5/h11,13-14H,6-10,12H2,1-5H3,(H,19,21). The zero-order valence-electron chi connectivity index (χ0n) is 15.1. The molecule has 1 rings (SSSR count). The number of nitrogens with zero attached hydrogens (tertiary/aromatic N) is 2. The summed E-state index contributed by atoms with van der Waals surface area (Å²) in [7, 11) is 0. The summed E-state index contributed by atoms with van der Waals surface area (Å²) in [6, 6.07) is 0. The molecule has 6 nitrogen and oxygen atoms in total. The highest BCUT2D eigenvalue weighted by Crippen LogP contribution is 2.07. The molecule has 0 bridgehead atoms. The minimum atomic E-state index is -0.470. The number of aryl methyl sites for hydroxylation is 1. The highest BCUT2D eigenvalue weighted by Gasteiger charge is 2.15. The molecule has 1 heterocycles. The zero-order valence-corrected chi connectivity index (χ0v) is 15.1. The second-order valence-electron chi connectivity index (χ2n) is 7.08. The highest BCUT2D eigenvalue weighted by molar-refractivity contribution is 5.67. The Kier molecular flexibility index (Phi) is 8.09. The average Bonchev–Trinajstić information content (AvgIpc) is 2.83. The summed E-state index contributed by atoms with van der Waals surface area (Å²) in [5.74, 6) is 0.567. The summed E-state index contributed by atoms with van der Waals surface area (Å²) in [6.45, 7) is 12.8. The van der Waals surface area contributed by atoms with Gasteiger partial charge in [-0.25, -0.2) is 9.78 Å². The Hall–Kier alpha value is -1.56. The molecular formula is C17H31N3O3. The van der Waals surface area contributed by atoms with Crippen molar-refractivity contribution in [2.45, 2.75) is 59.6 Å². The fraction of sp³-hybridized carbons (Fsp3) is 0.765. The number of carbonyl (C=O) groups excluding carboxylic acids is 1. The van der Waals surface area contributed by atoms with Crippen molar-refractivity contribution < 1.29 is 14.3 Å². The van der Waals surface area contributed by atoms with Gasteiger partial charge in [-0.05, 0) is 33.1 Å². The Bertz CT molecular complexity index is 464. The number of hydrogen-bond donors (Lipinski definition) is 1. The predicted molar refractivity (Wildman–Crippen MR) is 90.4 cm³/mol. The second-order valence-corrected chi connectivity index (χ2v) is 7.08. The van der Waals surface area contributed by atoms with Gasteiger partial charge in [0.05, 0.1) is 6.33 Å². The first-order valence-electron chi connectivity index (χ1n) is 8.31. The molecule has 0 aliphatic rings. The van der Waals surface area contributed by atoms with E-state index in [-0.39, 0.29) is 6.09 Å². The molecule has 132 valence electrons. The maximum atomic E-state index is 11.6. The van der Waals surface area contributed by atoms with Crippen molar-refractivity contribution in [3.05, 3.63) is 18.2 Å². The van der Waals surface area contributed by atoms with Crippen molar-refractivity contribution in [1.82, 2.24) is 14.9 Å². The van der Waals surface area contributed by atoms with Gasteiger partial charge in [0.25, 0.3) is 0 Å². The molecule has 1 N–H and O–H groups in total. The third-order valence-electron chi connectivity index (χ3n) is 2.99. The van der Waals surface area contributed by atoms with Crippen LogP contribution in [0.25, 0.3) is 0 Å². The lowest BCUT2D eigenvalue weighted by atomic mass is 10.2. The Morgan fingerprint density at radius 1 is 1.39 bits per heavy atom. The number of aromatic nitrogens is 2. The van der Waals surface area contributed by atoms with Crippen molar-refractivity contribution in [3.8, 4) is 0 Å². The molecule has 0 saturated heterocycles. The van der Waals surface area contributed by atoms with Gasteiger partial charge in [0, 0.05) is 44.6 Å². The molecule has 0 aliphatic heterocycles. The van der Waals surface area contributed by atoms with Crippen LogP contribution in [0.15, 0.2) is 12.5 Å². The zero-order chi connectivity index (χ0) is 17.3. The van der Waals surface area contributed by atoms with E-state index in [2.05, 4.69) is 28.7 Å². The lowest BCUT2D eigenvalue weighted by Gasteiger charge is -2.19. The highest BCUT2D eigenvalue weighted by atomic mass is 16.6. The molecule has 23 heavy (non-hydrogen) atoms. The van der Waals surface area contributed by atoms with Gasteiger partial charge < -0.3 is 19.4 Å². The molecule has 0 aliphatic carbocycles. The third-order valence-corrected chi connectivity index (χ3v) is 2.99. The monoisotopic (exact) mass is 325 g/mol. The Morgan fingerprint density at radius 2 is 2.13 bits per heavy atom. The van der Waals surface area contributed by atoms with E-state index >= 15 is 0 Å². The van der Waals surface area contributed by atoms with Gasteiger partial charge in [-0.2, -0.15) is 0 Å². The maximum Gasteiger partial charge on any atom is 0.407 e. The van der Waals surface area contributed by atoms with Crippen LogP contribution < -0.4 is 5.32 Å². The summed E-state index contributed by atoms with van der Waals surface area (Å²) >= 11 is 0. The summed E-state index contributed by atoms with van der Waals surface area (Å²) in [5, 5.41) is 2.77. The fourth-order valence-electron chi connectivity index (χ4n) is 2.02. The van der Waals surface area contributed by atoms with E-state index in [1.165, 1.54) is 0 Å². The molecule has 0 unspecified atom stereocenters. The van der Waals surface area contributed by atoms with Crippen LogP contribution in [-0.4, -0.2) is 41.0 Å². The van der Waals surface area contributed by atoms with Gasteiger partial charge in [-0.1, -0.05) is 13.8 Å². The molecule has 0 saturated carbocycles. The SMILES string of the molecule is CC(C)COCCCn1cncc1CCNC(=O)OC(C)(C)C. The first-order valence-corrected chi connectivity index (χ1v) is 8.31. The summed E-state index contributed by atoms with van der Waals surface area (Å²) in [5.41, 5.74) is 0.631. The second kappa shape index (κ2) is 9.55. The van der Waals surface area contributed by atoms with E-state index in [1.54, 1.807) is 0 Å². The van der Waals surface area contributed by atoms with Crippen LogP contribution in [0.5, 0.6) is 0 Å². The van der Waals surface area contributed by atoms with Crippen molar-refractivity contribution >= 4 is 6.09 Å². The van der Waals surface area contributed by atoms with Crippen molar-refractivity contribution in [2.75, 3.05) is 19.8 Å². The average molecular weight is 325 g/mol. The first-order chi connectivity index (χ1) is 10.8. The van der Waals surface area contributed by atoms with E-state index in [0.717, 1.165) is 38.3 Å². The van der Waals surface area contributed by atoms with Crippen molar-refractivity contribution in [3.63, 3.8) is 0 Å². The lowest BCUT2D eigenvalue weighted by molar-refractivity contribution is 0.0528. The number of hydrogen-bond acceptors (Lipinski definition) is 4. The van der Waals surface area contributed by atoms with E-state index < -0.39 is 5.60 Å². The summed E-state index contributed by atoms with van der Waals surface area (Å²) < 4.78 is 12.9. The number of rotatable bonds is 9. The number of ether oxygens (including phenoxy) is 2. The van der Waals surface area contributed by atoms with Gasteiger partial charge in [-0.3, -0.25) is 0 Å². The van der Waals surface area contributed by atoms with E-state index in [0.29, 0.717) is 12.5 Å². The molecule has 0 atom stereocenters. The fourth-order valence-corrected chi connectivity index (χ4v) is 2.02. The largest absolute Gasteiger partial charge is 0.444 e. The lowest BCUT2D eigenvalue weighted by Crippen LogP contribution is -2.33. The van der Waals surface area contributed by atoms with Crippen LogP contribution in [-0.2, 0) is 22.4 Å². The summed E-state index contributed by atoms with van der Waals surface area (Å²) in [4.78, 5) is 15.8. The Balaban J connectivity index is 2.25. The number of alkyl carbamates (subject to hydrolysis) is 1. The Morgan fingerprint density at radius 3 is 2.78 bits per heavy atom. The minimum absolute atomic E-state index is 0.384. The predicted octanol–water partition coefficient (Wildman–Crippen LogP) is 3.01. The van der Waals surface area contributed by atoms with Crippen LogP contribution in [0.3, 0.4) is 0 Å². The molecule has 0 radical (unpaired) electrons. The quantitative estimate of drug-likeness (QED) is 0.709. The van der Waals surface area contributed by atoms with Gasteiger partial charge in [-0.15, -0.1) is 0 Å². The van der Waals surface area contributed by atoms with Gasteiger partial charge in [0.1, 0.15) is 5.60 Å². The number of amides is 1. The van der Waals surface area contributed by atoms with E-state index in [1.807, 2.05) is 33.3 Å². The van der Waals surface area contributed by atoms with Gasteiger partial charge >= 0.3 is 6.09 Å². The molecule has 0 spiro atoms. The first kappa shape index (κ1) is 19.5.